The van der Waals surface area contributed by atoms with Crippen LogP contribution in [0.2, 0.25) is 0 Å². The Morgan fingerprint density at radius 3 is 2.62 bits per heavy atom. The average molecular weight is 347 g/mol. The van der Waals surface area contributed by atoms with E-state index in [2.05, 4.69) is 5.32 Å². The molecule has 0 bridgehead atoms. The molecule has 0 aliphatic heterocycles. The molecule has 1 N–H and O–H groups in total. The second-order valence-electron chi connectivity index (χ2n) is 5.60. The van der Waals surface area contributed by atoms with E-state index in [-0.39, 0.29) is 12.5 Å². The Bertz CT molecular complexity index is 767. The quantitative estimate of drug-likeness (QED) is 0.844. The van der Waals surface area contributed by atoms with Crippen LogP contribution in [0.3, 0.4) is 0 Å². The Kier molecular flexibility index (Phi) is 4.94. The maximum atomic E-state index is 13.0. The van der Waals surface area contributed by atoms with Crippen molar-refractivity contribution in [3.8, 4) is 0 Å². The number of aryl methyl sites for hydroxylation is 1. The number of hydrogen-bond acceptors (Lipinski definition) is 4. The predicted molar refractivity (Wildman–Crippen MR) is 91.3 cm³/mol. The van der Waals surface area contributed by atoms with Gasteiger partial charge in [-0.15, -0.1) is 11.3 Å². The molecule has 1 heterocycles. The number of ether oxygens (including phenoxy) is 1. The molecule has 24 heavy (non-hydrogen) atoms. The number of nitrogens with one attached hydrogen (secondary N) is 1. The van der Waals surface area contributed by atoms with Crippen molar-refractivity contribution in [3.63, 3.8) is 0 Å². The molecule has 126 valence electrons. The molecule has 0 radical (unpaired) electrons. The smallest absolute Gasteiger partial charge is 0.341 e. The van der Waals surface area contributed by atoms with E-state index < -0.39 is 11.8 Å². The van der Waals surface area contributed by atoms with E-state index in [1.165, 1.54) is 35.6 Å². The van der Waals surface area contributed by atoms with E-state index in [1.54, 1.807) is 6.92 Å². The van der Waals surface area contributed by atoms with Crippen LogP contribution < -0.4 is 5.32 Å². The molecule has 0 unspecified atom stereocenters. The predicted octanol–water partition coefficient (Wildman–Crippen LogP) is 4.20. The maximum Gasteiger partial charge on any atom is 0.341 e. The molecule has 2 aromatic rings. The van der Waals surface area contributed by atoms with Crippen molar-refractivity contribution in [1.82, 2.24) is 0 Å². The summed E-state index contributed by atoms with van der Waals surface area (Å²) in [6.07, 6.45) is 3.85. The third-order valence-corrected chi connectivity index (χ3v) is 5.19. The van der Waals surface area contributed by atoms with Crippen molar-refractivity contribution in [3.05, 3.63) is 51.7 Å². The summed E-state index contributed by atoms with van der Waals surface area (Å²) in [6.45, 7) is 2.04. The van der Waals surface area contributed by atoms with E-state index in [4.69, 9.17) is 4.74 Å². The summed E-state index contributed by atoms with van der Waals surface area (Å²) in [5.41, 5.74) is 1.82. The van der Waals surface area contributed by atoms with E-state index >= 15 is 0 Å². The molecule has 1 aromatic heterocycles. The zero-order chi connectivity index (χ0) is 17.1. The molecular weight excluding hydrogens is 329 g/mol. The van der Waals surface area contributed by atoms with Crippen LogP contribution in [-0.2, 0) is 17.6 Å². The fourth-order valence-electron chi connectivity index (χ4n) is 2.85. The average Bonchev–Trinajstić information content (AvgIpc) is 2.93. The third kappa shape index (κ3) is 3.33. The molecule has 1 amide bonds. The highest BCUT2D eigenvalue weighted by Crippen LogP contribution is 2.38. The molecule has 1 aromatic carbocycles. The van der Waals surface area contributed by atoms with Crippen LogP contribution >= 0.6 is 11.3 Å². The number of thiophene rings is 1. The van der Waals surface area contributed by atoms with Crippen LogP contribution in [0.5, 0.6) is 0 Å². The minimum Gasteiger partial charge on any atom is -0.462 e. The number of carbonyl (C=O) groups is 2. The first-order valence-electron chi connectivity index (χ1n) is 7.98. The maximum absolute atomic E-state index is 13.0. The van der Waals surface area contributed by atoms with Crippen LogP contribution in [-0.4, -0.2) is 18.5 Å². The molecule has 0 spiro atoms. The molecule has 4 nitrogen and oxygen atoms in total. The van der Waals surface area contributed by atoms with Crippen LogP contribution in [0.4, 0.5) is 9.39 Å². The highest BCUT2D eigenvalue weighted by molar-refractivity contribution is 7.17. The molecule has 1 aliphatic rings. The number of esters is 1. The lowest BCUT2D eigenvalue weighted by atomic mass is 9.95. The lowest BCUT2D eigenvalue weighted by Crippen LogP contribution is -2.15. The van der Waals surface area contributed by atoms with E-state index in [9.17, 15) is 14.0 Å². The van der Waals surface area contributed by atoms with Gasteiger partial charge < -0.3 is 10.1 Å². The number of benzene rings is 1. The second kappa shape index (κ2) is 7.13. The van der Waals surface area contributed by atoms with Gasteiger partial charge in [-0.25, -0.2) is 9.18 Å². The van der Waals surface area contributed by atoms with Gasteiger partial charge in [0.05, 0.1) is 12.2 Å². The Morgan fingerprint density at radius 2 is 1.92 bits per heavy atom. The number of fused-ring (bicyclic) bond motifs is 1. The number of amides is 1. The summed E-state index contributed by atoms with van der Waals surface area (Å²) >= 11 is 1.44. The summed E-state index contributed by atoms with van der Waals surface area (Å²) < 4.78 is 18.2. The van der Waals surface area contributed by atoms with Gasteiger partial charge in [0.25, 0.3) is 5.91 Å². The van der Waals surface area contributed by atoms with Crippen LogP contribution in [0.25, 0.3) is 0 Å². The largest absolute Gasteiger partial charge is 0.462 e. The zero-order valence-corrected chi connectivity index (χ0v) is 14.2. The Morgan fingerprint density at radius 1 is 1.21 bits per heavy atom. The van der Waals surface area contributed by atoms with Crippen molar-refractivity contribution in [1.29, 1.82) is 0 Å². The number of carbonyl (C=O) groups excluding carboxylic acids is 2. The molecule has 0 saturated heterocycles. The third-order valence-electron chi connectivity index (χ3n) is 3.98. The number of hydrogen-bond donors (Lipinski definition) is 1. The minimum atomic E-state index is -0.398. The van der Waals surface area contributed by atoms with Gasteiger partial charge in [-0.2, -0.15) is 0 Å². The SMILES string of the molecule is CCOC(=O)c1c(NC(=O)c2ccc(F)cc2)sc2c1CCCC2. The van der Waals surface area contributed by atoms with Gasteiger partial charge in [0.15, 0.2) is 0 Å². The fraction of sp³-hybridized carbons (Fsp3) is 0.333. The molecule has 1 aliphatic carbocycles. The first-order valence-corrected chi connectivity index (χ1v) is 8.80. The topological polar surface area (TPSA) is 55.4 Å². The minimum absolute atomic E-state index is 0.287. The Balaban J connectivity index is 1.91. The van der Waals surface area contributed by atoms with Crippen molar-refractivity contribution in [2.45, 2.75) is 32.6 Å². The van der Waals surface area contributed by atoms with Crippen LogP contribution in [0.1, 0.15) is 50.9 Å². The van der Waals surface area contributed by atoms with Gasteiger partial charge in [-0.1, -0.05) is 0 Å². The molecule has 0 saturated carbocycles. The van der Waals surface area contributed by atoms with Crippen molar-refractivity contribution >= 4 is 28.2 Å². The first-order chi connectivity index (χ1) is 11.6. The van der Waals surface area contributed by atoms with Crippen molar-refractivity contribution in [2.75, 3.05) is 11.9 Å². The Hall–Kier alpha value is -2.21. The van der Waals surface area contributed by atoms with E-state index in [0.29, 0.717) is 16.1 Å². The highest BCUT2D eigenvalue weighted by Gasteiger charge is 2.27. The van der Waals surface area contributed by atoms with Gasteiger partial charge in [0.2, 0.25) is 0 Å². The number of rotatable bonds is 4. The summed E-state index contributed by atoms with van der Waals surface area (Å²) in [6, 6.07) is 5.31. The van der Waals surface area contributed by atoms with E-state index in [1.807, 2.05) is 0 Å². The lowest BCUT2D eigenvalue weighted by molar-refractivity contribution is 0.0526. The standard InChI is InChI=1S/C18H18FNO3S/c1-2-23-18(22)15-13-5-3-4-6-14(13)24-17(15)20-16(21)11-7-9-12(19)10-8-11/h7-10H,2-6H2,1H3,(H,20,21). The molecule has 6 heteroatoms. The first kappa shape index (κ1) is 16.6. The van der Waals surface area contributed by atoms with Crippen molar-refractivity contribution in [2.24, 2.45) is 0 Å². The second-order valence-corrected chi connectivity index (χ2v) is 6.70. The Labute approximate surface area is 143 Å². The normalized spacial score (nSPS) is 13.2. The molecule has 0 fully saturated rings. The molecular formula is C18H18FNO3S. The van der Waals surface area contributed by atoms with Gasteiger partial charge in [-0.05, 0) is 62.4 Å². The zero-order valence-electron chi connectivity index (χ0n) is 13.4. The van der Waals surface area contributed by atoms with Gasteiger partial charge in [-0.3, -0.25) is 4.79 Å². The fourth-order valence-corrected chi connectivity index (χ4v) is 4.12. The van der Waals surface area contributed by atoms with Crippen LogP contribution in [0.15, 0.2) is 24.3 Å². The van der Waals surface area contributed by atoms with E-state index in [0.717, 1.165) is 36.1 Å². The monoisotopic (exact) mass is 347 g/mol. The van der Waals surface area contributed by atoms with Crippen molar-refractivity contribution < 1.29 is 18.7 Å². The summed E-state index contributed by atoms with van der Waals surface area (Å²) in [5.74, 6) is -1.16. The van der Waals surface area contributed by atoms with Crippen LogP contribution in [0, 0.1) is 5.82 Å². The highest BCUT2D eigenvalue weighted by atomic mass is 32.1. The van der Waals surface area contributed by atoms with Gasteiger partial charge in [0, 0.05) is 10.4 Å². The summed E-state index contributed by atoms with van der Waals surface area (Å²) in [4.78, 5) is 25.9. The molecule has 0 atom stereocenters. The number of halogens is 1. The van der Waals surface area contributed by atoms with Gasteiger partial charge >= 0.3 is 5.97 Å². The lowest BCUT2D eigenvalue weighted by Gasteiger charge is -2.12. The van der Waals surface area contributed by atoms with Gasteiger partial charge in [0.1, 0.15) is 10.8 Å². The summed E-state index contributed by atoms with van der Waals surface area (Å²) in [5, 5.41) is 3.32. The summed E-state index contributed by atoms with van der Waals surface area (Å²) in [7, 11) is 0. The molecule has 3 rings (SSSR count). The number of anilines is 1.